The summed E-state index contributed by atoms with van der Waals surface area (Å²) < 4.78 is 7.12. The minimum absolute atomic E-state index is 0.0504. The van der Waals surface area contributed by atoms with Gasteiger partial charge in [0.2, 0.25) is 5.91 Å². The highest BCUT2D eigenvalue weighted by molar-refractivity contribution is 5.87. The highest BCUT2D eigenvalue weighted by atomic mass is 16.5. The van der Waals surface area contributed by atoms with Crippen molar-refractivity contribution >= 4 is 11.6 Å². The fourth-order valence-corrected chi connectivity index (χ4v) is 4.55. The monoisotopic (exact) mass is 490 g/mol. The average Bonchev–Trinajstić information content (AvgIpc) is 3.28. The van der Waals surface area contributed by atoms with Gasteiger partial charge in [0.15, 0.2) is 5.82 Å². The van der Waals surface area contributed by atoms with Gasteiger partial charge in [-0.2, -0.15) is 4.68 Å². The molecule has 0 saturated heterocycles. The van der Waals surface area contributed by atoms with Crippen molar-refractivity contribution in [1.82, 2.24) is 25.5 Å². The molecule has 0 aliphatic heterocycles. The number of anilines is 1. The van der Waals surface area contributed by atoms with Crippen LogP contribution in [0, 0.1) is 6.92 Å². The van der Waals surface area contributed by atoms with E-state index in [1.807, 2.05) is 45.9 Å². The number of amides is 1. The number of rotatable bonds is 9. The van der Waals surface area contributed by atoms with Gasteiger partial charge in [-0.1, -0.05) is 39.5 Å². The van der Waals surface area contributed by atoms with Crippen LogP contribution in [0.25, 0.3) is 5.69 Å². The second-order valence-electron chi connectivity index (χ2n) is 11.1. The number of hydrogen-bond donors (Lipinski definition) is 2. The largest absolute Gasteiger partial charge is 0.497 e. The zero-order valence-corrected chi connectivity index (χ0v) is 22.6. The van der Waals surface area contributed by atoms with Gasteiger partial charge in [-0.05, 0) is 91.1 Å². The zero-order valence-electron chi connectivity index (χ0n) is 22.6. The van der Waals surface area contributed by atoms with Crippen molar-refractivity contribution in [1.29, 1.82) is 0 Å². The first kappa shape index (κ1) is 26.9. The van der Waals surface area contributed by atoms with Crippen LogP contribution in [0.5, 0.6) is 5.75 Å². The van der Waals surface area contributed by atoms with Gasteiger partial charge in [-0.25, -0.2) is 0 Å². The van der Waals surface area contributed by atoms with Crippen molar-refractivity contribution in [2.45, 2.75) is 71.4 Å². The molecule has 3 aromatic rings. The molecule has 0 spiro atoms. The zero-order chi connectivity index (χ0) is 26.7. The molecule has 0 aliphatic rings. The summed E-state index contributed by atoms with van der Waals surface area (Å²) in [5.74, 6) is 1.15. The molecule has 2 aromatic carbocycles. The summed E-state index contributed by atoms with van der Waals surface area (Å²) in [6.45, 7) is 18.2. The Balaban J connectivity index is 2.08. The van der Waals surface area contributed by atoms with Crippen molar-refractivity contribution in [2.24, 2.45) is 0 Å². The number of aromatic nitrogens is 4. The van der Waals surface area contributed by atoms with Gasteiger partial charge in [0, 0.05) is 17.6 Å². The molecule has 8 nitrogen and oxygen atoms in total. The Morgan fingerprint density at radius 2 is 1.75 bits per heavy atom. The van der Waals surface area contributed by atoms with Crippen molar-refractivity contribution in [3.63, 3.8) is 0 Å². The van der Waals surface area contributed by atoms with E-state index in [9.17, 15) is 4.79 Å². The molecule has 192 valence electrons. The number of hydrogen-bond acceptors (Lipinski definition) is 6. The maximum atomic E-state index is 12.2. The number of aryl methyl sites for hydroxylation is 1. The van der Waals surface area contributed by atoms with Crippen molar-refractivity contribution in [3.8, 4) is 11.4 Å². The quantitative estimate of drug-likeness (QED) is 0.407. The number of nitrogens with zero attached hydrogens (tertiary/aromatic N) is 4. The third kappa shape index (κ3) is 6.11. The Kier molecular flexibility index (Phi) is 7.57. The molecular weight excluding hydrogens is 452 g/mol. The van der Waals surface area contributed by atoms with Crippen LogP contribution in [0.2, 0.25) is 0 Å². The molecule has 3 rings (SSSR count). The Morgan fingerprint density at radius 1 is 1.08 bits per heavy atom. The lowest BCUT2D eigenvalue weighted by Crippen LogP contribution is -2.50. The molecule has 0 bridgehead atoms. The normalized spacial score (nSPS) is 13.6. The van der Waals surface area contributed by atoms with E-state index >= 15 is 0 Å². The topological polar surface area (TPSA) is 94.0 Å². The maximum absolute atomic E-state index is 12.2. The minimum Gasteiger partial charge on any atom is -0.497 e. The Morgan fingerprint density at radius 3 is 2.31 bits per heavy atom. The van der Waals surface area contributed by atoms with E-state index in [0.29, 0.717) is 12.2 Å². The van der Waals surface area contributed by atoms with E-state index in [4.69, 9.17) is 4.74 Å². The predicted octanol–water partition coefficient (Wildman–Crippen LogP) is 5.08. The number of carbonyl (C=O) groups excluding carboxylic acids is 1. The van der Waals surface area contributed by atoms with Crippen LogP contribution in [0.15, 0.2) is 55.1 Å². The molecule has 1 unspecified atom stereocenters. The third-order valence-corrected chi connectivity index (χ3v) is 6.21. The summed E-state index contributed by atoms with van der Waals surface area (Å²) >= 11 is 0. The molecule has 1 atom stereocenters. The van der Waals surface area contributed by atoms with Crippen LogP contribution in [0.4, 0.5) is 5.69 Å². The molecule has 1 aromatic heterocycles. The van der Waals surface area contributed by atoms with E-state index in [1.54, 1.807) is 11.8 Å². The van der Waals surface area contributed by atoms with Crippen molar-refractivity contribution in [2.75, 3.05) is 12.4 Å². The van der Waals surface area contributed by atoms with Crippen LogP contribution in [-0.2, 0) is 15.7 Å². The fourth-order valence-electron chi connectivity index (χ4n) is 4.55. The summed E-state index contributed by atoms with van der Waals surface area (Å²) in [6.07, 6.45) is 1.78. The summed E-state index contributed by atoms with van der Waals surface area (Å²) in [5, 5.41) is 19.5. The van der Waals surface area contributed by atoms with Gasteiger partial charge in [0.05, 0.1) is 18.3 Å². The van der Waals surface area contributed by atoms with Crippen LogP contribution in [-0.4, -0.2) is 38.8 Å². The summed E-state index contributed by atoms with van der Waals surface area (Å²) in [6, 6.07) is 14.2. The average molecular weight is 491 g/mol. The summed E-state index contributed by atoms with van der Waals surface area (Å²) in [7, 11) is 1.64. The van der Waals surface area contributed by atoms with E-state index in [1.165, 1.54) is 11.6 Å². The molecule has 0 radical (unpaired) electrons. The highest BCUT2D eigenvalue weighted by Crippen LogP contribution is 2.35. The first-order valence-electron chi connectivity index (χ1n) is 12.1. The van der Waals surface area contributed by atoms with Gasteiger partial charge >= 0.3 is 0 Å². The smallest absolute Gasteiger partial charge is 0.243 e. The lowest BCUT2D eigenvalue weighted by molar-refractivity contribution is -0.118. The maximum Gasteiger partial charge on any atom is 0.243 e. The molecule has 36 heavy (non-hydrogen) atoms. The second-order valence-corrected chi connectivity index (χ2v) is 11.1. The minimum atomic E-state index is -0.753. The standard InChI is InChI=1S/C28H38N6O2/c1-10-24(35)30-27(6,7)18-28(8,29-21-13-11-20(12-14-21)26(3,4)5)25-31-32-33-34(25)23-16-15-22(36-9)17-19(23)2/h10-17,29H,1,18H2,2-9H3,(H,30,35). The number of nitrogens with one attached hydrogen (secondary N) is 2. The van der Waals surface area contributed by atoms with Gasteiger partial charge in [-0.3, -0.25) is 4.79 Å². The number of ether oxygens (including phenoxy) is 1. The summed E-state index contributed by atoms with van der Waals surface area (Å²) in [4.78, 5) is 12.2. The molecule has 0 fully saturated rings. The molecule has 1 heterocycles. The van der Waals surface area contributed by atoms with Gasteiger partial charge in [-0.15, -0.1) is 5.10 Å². The van der Waals surface area contributed by atoms with Crippen LogP contribution >= 0.6 is 0 Å². The molecule has 0 saturated carbocycles. The number of methoxy groups -OCH3 is 1. The number of carbonyl (C=O) groups is 1. The SMILES string of the molecule is C=CC(=O)NC(C)(C)CC(C)(Nc1ccc(C(C)(C)C)cc1)c1nnnn1-c1ccc(OC)cc1C. The predicted molar refractivity (Wildman–Crippen MR) is 144 cm³/mol. The first-order valence-corrected chi connectivity index (χ1v) is 12.1. The van der Waals surface area contributed by atoms with E-state index < -0.39 is 11.1 Å². The van der Waals surface area contributed by atoms with Gasteiger partial charge in [0.25, 0.3) is 0 Å². The number of tetrazole rings is 1. The molecule has 0 aliphatic carbocycles. The first-order chi connectivity index (χ1) is 16.8. The van der Waals surface area contributed by atoms with Crippen LogP contribution in [0.3, 0.4) is 0 Å². The van der Waals surface area contributed by atoms with Crippen molar-refractivity contribution < 1.29 is 9.53 Å². The van der Waals surface area contributed by atoms with Gasteiger partial charge < -0.3 is 15.4 Å². The van der Waals surface area contributed by atoms with E-state index in [-0.39, 0.29) is 11.3 Å². The van der Waals surface area contributed by atoms with Crippen molar-refractivity contribution in [3.05, 3.63) is 72.1 Å². The van der Waals surface area contributed by atoms with E-state index in [2.05, 4.69) is 77.8 Å². The van der Waals surface area contributed by atoms with Crippen LogP contribution < -0.4 is 15.4 Å². The second kappa shape index (κ2) is 10.1. The lowest BCUT2D eigenvalue weighted by atomic mass is 9.83. The summed E-state index contributed by atoms with van der Waals surface area (Å²) in [5.41, 5.74) is 2.69. The molecule has 8 heteroatoms. The third-order valence-electron chi connectivity index (χ3n) is 6.21. The van der Waals surface area contributed by atoms with Crippen LogP contribution in [0.1, 0.15) is 64.9 Å². The lowest BCUT2D eigenvalue weighted by Gasteiger charge is -2.38. The Hall–Kier alpha value is -3.68. The molecule has 1 amide bonds. The Labute approximate surface area is 214 Å². The van der Waals surface area contributed by atoms with Gasteiger partial charge in [0.1, 0.15) is 5.75 Å². The number of benzene rings is 2. The molecular formula is C28H38N6O2. The highest BCUT2D eigenvalue weighted by Gasteiger charge is 2.39. The Bertz CT molecular complexity index is 1220. The molecule has 2 N–H and O–H groups in total. The van der Waals surface area contributed by atoms with E-state index in [0.717, 1.165) is 22.7 Å². The fraction of sp³-hybridized carbons (Fsp3) is 0.429.